The van der Waals surface area contributed by atoms with Gasteiger partial charge in [0, 0.05) is 23.2 Å². The molecule has 0 spiro atoms. The number of amides is 2. The third-order valence-corrected chi connectivity index (χ3v) is 4.08. The Morgan fingerprint density at radius 2 is 1.65 bits per heavy atom. The number of hydrogen-bond donors (Lipinski definition) is 2. The van der Waals surface area contributed by atoms with Crippen molar-refractivity contribution < 1.29 is 19.2 Å². The predicted octanol–water partition coefficient (Wildman–Crippen LogP) is 3.80. The maximum Gasteiger partial charge on any atom is 0.314 e. The number of halogens is 2. The second-order valence-electron chi connectivity index (χ2n) is 5.13. The Kier molecular flexibility index (Phi) is 6.01. The molecule has 0 aliphatic rings. The van der Waals surface area contributed by atoms with Gasteiger partial charge in [-0.3, -0.25) is 19.7 Å². The molecule has 0 saturated heterocycles. The van der Waals surface area contributed by atoms with Crippen LogP contribution in [0.1, 0.15) is 5.56 Å². The molecule has 2 amide bonds. The van der Waals surface area contributed by atoms with Gasteiger partial charge >= 0.3 is 11.8 Å². The predicted molar refractivity (Wildman–Crippen MR) is 98.1 cm³/mol. The first kappa shape index (κ1) is 19.5. The maximum atomic E-state index is 12.1. The molecule has 0 fully saturated rings. The van der Waals surface area contributed by atoms with Crippen LogP contribution >= 0.6 is 23.2 Å². The minimum atomic E-state index is -1.05. The molecule has 26 heavy (non-hydrogen) atoms. The highest BCUT2D eigenvalue weighted by atomic mass is 35.5. The average Bonchev–Trinajstić information content (AvgIpc) is 2.59. The number of carbonyl (C=O) groups is 2. The SMILES string of the molecule is COc1cc(Cl)c(C)cc1NC(=O)C(=O)Nc1cc([N+](=O)[O-])ccc1Cl. The number of carbonyl (C=O) groups excluding carboxylic acids is 2. The minimum Gasteiger partial charge on any atom is -0.495 e. The number of rotatable bonds is 4. The number of aryl methyl sites for hydroxylation is 1. The van der Waals surface area contributed by atoms with Crippen LogP contribution in [0.2, 0.25) is 10.0 Å². The molecule has 0 aliphatic heterocycles. The number of ether oxygens (including phenoxy) is 1. The zero-order chi connectivity index (χ0) is 19.4. The van der Waals surface area contributed by atoms with Crippen molar-refractivity contribution in [3.05, 3.63) is 56.1 Å². The Morgan fingerprint density at radius 3 is 2.23 bits per heavy atom. The largest absolute Gasteiger partial charge is 0.495 e. The second-order valence-corrected chi connectivity index (χ2v) is 5.95. The van der Waals surface area contributed by atoms with E-state index in [1.54, 1.807) is 13.0 Å². The number of hydrogen-bond acceptors (Lipinski definition) is 5. The van der Waals surface area contributed by atoms with Crippen LogP contribution in [0, 0.1) is 17.0 Å². The molecule has 136 valence electrons. The number of nitrogens with zero attached hydrogens (tertiary/aromatic N) is 1. The number of non-ortho nitro benzene ring substituents is 1. The lowest BCUT2D eigenvalue weighted by molar-refractivity contribution is -0.384. The summed E-state index contributed by atoms with van der Waals surface area (Å²) in [5, 5.41) is 15.9. The van der Waals surface area contributed by atoms with Crippen molar-refractivity contribution in [3.63, 3.8) is 0 Å². The molecule has 2 rings (SSSR count). The van der Waals surface area contributed by atoms with Gasteiger partial charge in [-0.1, -0.05) is 23.2 Å². The lowest BCUT2D eigenvalue weighted by Crippen LogP contribution is -2.29. The van der Waals surface area contributed by atoms with Gasteiger partial charge in [0.2, 0.25) is 0 Å². The number of nitrogens with one attached hydrogen (secondary N) is 2. The molecule has 2 N–H and O–H groups in total. The Bertz CT molecular complexity index is 902. The van der Waals surface area contributed by atoms with Crippen LogP contribution in [-0.2, 0) is 9.59 Å². The summed E-state index contributed by atoms with van der Waals surface area (Å²) in [6.45, 7) is 1.72. The van der Waals surface area contributed by atoms with Crippen LogP contribution in [0.5, 0.6) is 5.75 Å². The normalized spacial score (nSPS) is 10.2. The van der Waals surface area contributed by atoms with E-state index < -0.39 is 16.7 Å². The molecular formula is C16H13Cl2N3O5. The van der Waals surface area contributed by atoms with Crippen molar-refractivity contribution in [1.82, 2.24) is 0 Å². The fourth-order valence-corrected chi connectivity index (χ4v) is 2.33. The summed E-state index contributed by atoms with van der Waals surface area (Å²) in [7, 11) is 1.39. The van der Waals surface area contributed by atoms with Crippen molar-refractivity contribution in [3.8, 4) is 5.75 Å². The molecule has 2 aromatic rings. The molecule has 0 heterocycles. The average molecular weight is 398 g/mol. The topological polar surface area (TPSA) is 111 Å². The van der Waals surface area contributed by atoms with E-state index >= 15 is 0 Å². The molecule has 2 aromatic carbocycles. The monoisotopic (exact) mass is 397 g/mol. The molecule has 0 atom stereocenters. The Hall–Kier alpha value is -2.84. The molecule has 0 bridgehead atoms. The van der Waals surface area contributed by atoms with Gasteiger partial charge in [-0.25, -0.2) is 0 Å². The summed E-state index contributed by atoms with van der Waals surface area (Å²) < 4.78 is 5.11. The van der Waals surface area contributed by atoms with Crippen molar-refractivity contribution >= 4 is 52.1 Å². The first-order chi connectivity index (χ1) is 12.2. The Labute approximate surface area is 158 Å². The van der Waals surface area contributed by atoms with Crippen molar-refractivity contribution in [2.45, 2.75) is 6.92 Å². The van der Waals surface area contributed by atoms with Gasteiger partial charge in [-0.05, 0) is 24.6 Å². The standard InChI is InChI=1S/C16H13Cl2N3O5/c1-8-5-13(14(26-2)7-11(8)18)20-16(23)15(22)19-12-6-9(21(24)25)3-4-10(12)17/h3-7H,1-2H3,(H,19,22)(H,20,23). The third kappa shape index (κ3) is 4.41. The summed E-state index contributed by atoms with van der Waals surface area (Å²) in [6.07, 6.45) is 0. The lowest BCUT2D eigenvalue weighted by atomic mass is 10.2. The Morgan fingerprint density at radius 1 is 1.04 bits per heavy atom. The summed E-state index contributed by atoms with van der Waals surface area (Å²) in [6, 6.07) is 6.53. The number of nitro benzene ring substituents is 1. The van der Waals surface area contributed by atoms with Crippen molar-refractivity contribution in [2.75, 3.05) is 17.7 Å². The quantitative estimate of drug-likeness (QED) is 0.463. The van der Waals surface area contributed by atoms with Gasteiger partial charge in [-0.15, -0.1) is 0 Å². The number of methoxy groups -OCH3 is 1. The van der Waals surface area contributed by atoms with E-state index in [-0.39, 0.29) is 27.8 Å². The number of nitro groups is 1. The molecule has 0 aliphatic carbocycles. The van der Waals surface area contributed by atoms with E-state index in [4.69, 9.17) is 27.9 Å². The summed E-state index contributed by atoms with van der Waals surface area (Å²) in [5.74, 6) is -1.79. The van der Waals surface area contributed by atoms with Gasteiger partial charge in [0.25, 0.3) is 5.69 Å². The first-order valence-electron chi connectivity index (χ1n) is 7.13. The molecule has 0 aromatic heterocycles. The van der Waals surface area contributed by atoms with Crippen LogP contribution in [0.25, 0.3) is 0 Å². The highest BCUT2D eigenvalue weighted by molar-refractivity contribution is 6.45. The highest BCUT2D eigenvalue weighted by Gasteiger charge is 2.19. The van der Waals surface area contributed by atoms with Crippen LogP contribution in [-0.4, -0.2) is 23.8 Å². The molecule has 0 unspecified atom stereocenters. The van der Waals surface area contributed by atoms with E-state index in [2.05, 4.69) is 10.6 Å². The highest BCUT2D eigenvalue weighted by Crippen LogP contribution is 2.31. The second kappa shape index (κ2) is 8.03. The van der Waals surface area contributed by atoms with Crippen molar-refractivity contribution in [1.29, 1.82) is 0 Å². The van der Waals surface area contributed by atoms with E-state index in [0.29, 0.717) is 10.6 Å². The van der Waals surface area contributed by atoms with E-state index in [0.717, 1.165) is 6.07 Å². The summed E-state index contributed by atoms with van der Waals surface area (Å²) in [5.41, 5.74) is 0.588. The Balaban J connectivity index is 2.19. The number of anilines is 2. The summed E-state index contributed by atoms with van der Waals surface area (Å²) in [4.78, 5) is 34.4. The van der Waals surface area contributed by atoms with Gasteiger partial charge in [-0.2, -0.15) is 0 Å². The summed E-state index contributed by atoms with van der Waals surface area (Å²) >= 11 is 11.9. The zero-order valence-electron chi connectivity index (χ0n) is 13.6. The van der Waals surface area contributed by atoms with E-state index in [1.165, 1.54) is 25.3 Å². The van der Waals surface area contributed by atoms with Gasteiger partial charge in [0.1, 0.15) is 5.75 Å². The molecule has 0 radical (unpaired) electrons. The smallest absolute Gasteiger partial charge is 0.314 e. The van der Waals surface area contributed by atoms with Crippen LogP contribution < -0.4 is 15.4 Å². The van der Waals surface area contributed by atoms with Gasteiger partial charge in [0.05, 0.1) is 28.4 Å². The van der Waals surface area contributed by atoms with Crippen molar-refractivity contribution in [2.24, 2.45) is 0 Å². The van der Waals surface area contributed by atoms with Crippen LogP contribution in [0.3, 0.4) is 0 Å². The maximum absolute atomic E-state index is 12.1. The zero-order valence-corrected chi connectivity index (χ0v) is 15.1. The fraction of sp³-hybridized carbons (Fsp3) is 0.125. The van der Waals surface area contributed by atoms with Crippen LogP contribution in [0.15, 0.2) is 30.3 Å². The lowest BCUT2D eigenvalue weighted by Gasteiger charge is -2.12. The number of benzene rings is 2. The molecule has 10 heteroatoms. The van der Waals surface area contributed by atoms with Gasteiger partial charge < -0.3 is 15.4 Å². The minimum absolute atomic E-state index is 0.0525. The molecule has 0 saturated carbocycles. The molecule has 8 nitrogen and oxygen atoms in total. The van der Waals surface area contributed by atoms with Gasteiger partial charge in [0.15, 0.2) is 0 Å². The third-order valence-electron chi connectivity index (χ3n) is 3.34. The first-order valence-corrected chi connectivity index (χ1v) is 7.89. The van der Waals surface area contributed by atoms with E-state index in [1.807, 2.05) is 0 Å². The molecular weight excluding hydrogens is 385 g/mol. The van der Waals surface area contributed by atoms with Crippen LogP contribution in [0.4, 0.5) is 17.1 Å². The van der Waals surface area contributed by atoms with E-state index in [9.17, 15) is 19.7 Å². The fourth-order valence-electron chi connectivity index (χ4n) is 2.01.